The first-order valence-corrected chi connectivity index (χ1v) is 9.68. The summed E-state index contributed by atoms with van der Waals surface area (Å²) in [4.78, 5) is 2.07. The Morgan fingerprint density at radius 2 is 1.76 bits per heavy atom. The number of hydrogen-bond acceptors (Lipinski definition) is 3. The van der Waals surface area contributed by atoms with Crippen LogP contribution in [-0.2, 0) is 16.6 Å². The molecule has 0 fully saturated rings. The predicted molar refractivity (Wildman–Crippen MR) is 98.7 cm³/mol. The summed E-state index contributed by atoms with van der Waals surface area (Å²) in [6, 6.07) is 10.9. The highest BCUT2D eigenvalue weighted by Crippen LogP contribution is 2.24. The number of aryl methyl sites for hydroxylation is 1. The third-order valence-electron chi connectivity index (χ3n) is 3.86. The molecule has 136 valence electrons. The molecule has 2 rings (SSSR count). The molecule has 0 N–H and O–H groups in total. The third kappa shape index (κ3) is 5.01. The highest BCUT2D eigenvalue weighted by molar-refractivity contribution is 7.89. The molecule has 25 heavy (non-hydrogen) atoms. The average Bonchev–Trinajstić information content (AvgIpc) is 2.52. The summed E-state index contributed by atoms with van der Waals surface area (Å²) in [6.45, 7) is 2.46. The molecule has 0 saturated carbocycles. The van der Waals surface area contributed by atoms with Crippen molar-refractivity contribution in [1.29, 1.82) is 0 Å². The van der Waals surface area contributed by atoms with E-state index >= 15 is 0 Å². The van der Waals surface area contributed by atoms with Gasteiger partial charge in [0.25, 0.3) is 0 Å². The lowest BCUT2D eigenvalue weighted by molar-refractivity contribution is 0.326. The first-order valence-electron chi connectivity index (χ1n) is 7.86. The monoisotopic (exact) mass is 384 g/mol. The van der Waals surface area contributed by atoms with Crippen LogP contribution in [0.1, 0.15) is 11.1 Å². The molecule has 0 amide bonds. The molecule has 0 aromatic heterocycles. The molecular weight excluding hydrogens is 363 g/mol. The Hall–Kier alpha value is -1.47. The number of likely N-dealkylation sites (N-methyl/N-ethyl adjacent to an activating group) is 1. The van der Waals surface area contributed by atoms with Crippen molar-refractivity contribution in [3.05, 3.63) is 64.4 Å². The van der Waals surface area contributed by atoms with Gasteiger partial charge in [-0.1, -0.05) is 29.8 Å². The van der Waals surface area contributed by atoms with Crippen LogP contribution in [0.2, 0.25) is 5.02 Å². The Labute approximate surface area is 153 Å². The van der Waals surface area contributed by atoms with Gasteiger partial charge in [-0.2, -0.15) is 4.31 Å². The molecule has 7 heteroatoms. The Morgan fingerprint density at radius 1 is 1.08 bits per heavy atom. The zero-order valence-electron chi connectivity index (χ0n) is 14.5. The standard InChI is InChI=1S/C18H22ClFN2O2S/c1-14-12-16(19)8-9-18(14)25(23,24)22(11-10-21(2)3)13-15-6-4-5-7-17(15)20/h4-9,12H,10-11,13H2,1-3H3. The molecule has 2 aromatic rings. The highest BCUT2D eigenvalue weighted by atomic mass is 35.5. The largest absolute Gasteiger partial charge is 0.308 e. The lowest BCUT2D eigenvalue weighted by atomic mass is 10.2. The topological polar surface area (TPSA) is 40.6 Å². The SMILES string of the molecule is Cc1cc(Cl)ccc1S(=O)(=O)N(CCN(C)C)Cc1ccccc1F. The van der Waals surface area contributed by atoms with E-state index in [9.17, 15) is 12.8 Å². The lowest BCUT2D eigenvalue weighted by Crippen LogP contribution is -2.36. The van der Waals surface area contributed by atoms with E-state index in [2.05, 4.69) is 0 Å². The molecule has 0 saturated heterocycles. The maximum atomic E-state index is 14.0. The van der Waals surface area contributed by atoms with Gasteiger partial charge < -0.3 is 4.90 Å². The van der Waals surface area contributed by atoms with Gasteiger partial charge >= 0.3 is 0 Å². The van der Waals surface area contributed by atoms with Gasteiger partial charge in [0.15, 0.2) is 0 Å². The molecule has 0 unspecified atom stereocenters. The van der Waals surface area contributed by atoms with E-state index in [1.807, 2.05) is 19.0 Å². The molecular formula is C18H22ClFN2O2S. The van der Waals surface area contributed by atoms with Gasteiger partial charge in [-0.25, -0.2) is 12.8 Å². The molecule has 0 aliphatic carbocycles. The molecule has 0 aliphatic heterocycles. The first kappa shape index (κ1) is 19.8. The highest BCUT2D eigenvalue weighted by Gasteiger charge is 2.27. The second kappa shape index (κ2) is 8.27. The van der Waals surface area contributed by atoms with E-state index in [-0.39, 0.29) is 18.0 Å². The average molecular weight is 385 g/mol. The van der Waals surface area contributed by atoms with Crippen LogP contribution >= 0.6 is 11.6 Å². The predicted octanol–water partition coefficient (Wildman–Crippen LogP) is 3.54. The van der Waals surface area contributed by atoms with Gasteiger partial charge in [0.1, 0.15) is 5.82 Å². The summed E-state index contributed by atoms with van der Waals surface area (Å²) in [7, 11) is -0.0527. The van der Waals surface area contributed by atoms with E-state index in [0.717, 1.165) is 0 Å². The number of hydrogen-bond donors (Lipinski definition) is 0. The minimum Gasteiger partial charge on any atom is -0.308 e. The second-order valence-electron chi connectivity index (χ2n) is 6.14. The zero-order chi connectivity index (χ0) is 18.6. The van der Waals surface area contributed by atoms with E-state index in [1.54, 1.807) is 37.3 Å². The first-order chi connectivity index (χ1) is 11.7. The molecule has 4 nitrogen and oxygen atoms in total. The maximum absolute atomic E-state index is 14.0. The van der Waals surface area contributed by atoms with Crippen LogP contribution in [0, 0.1) is 12.7 Å². The van der Waals surface area contributed by atoms with Gasteiger partial charge in [0.2, 0.25) is 10.0 Å². The van der Waals surface area contributed by atoms with Gasteiger partial charge in [0, 0.05) is 30.2 Å². The van der Waals surface area contributed by atoms with Crippen molar-refractivity contribution in [3.8, 4) is 0 Å². The Kier molecular flexibility index (Phi) is 6.57. The van der Waals surface area contributed by atoms with E-state index in [0.29, 0.717) is 22.7 Å². The van der Waals surface area contributed by atoms with Crippen LogP contribution in [0.3, 0.4) is 0 Å². The minimum atomic E-state index is -3.78. The Balaban J connectivity index is 2.41. The normalized spacial score (nSPS) is 12.1. The fraction of sp³-hybridized carbons (Fsp3) is 0.333. The van der Waals surface area contributed by atoms with Crippen LogP contribution in [0.4, 0.5) is 4.39 Å². The number of benzene rings is 2. The van der Waals surface area contributed by atoms with Gasteiger partial charge in [-0.3, -0.25) is 0 Å². The van der Waals surface area contributed by atoms with Crippen molar-refractivity contribution in [2.45, 2.75) is 18.4 Å². The minimum absolute atomic E-state index is 0.0229. The van der Waals surface area contributed by atoms with Crippen molar-refractivity contribution in [3.63, 3.8) is 0 Å². The quantitative estimate of drug-likeness (QED) is 0.733. The van der Waals surface area contributed by atoms with Gasteiger partial charge in [-0.05, 0) is 50.8 Å². The summed E-state index contributed by atoms with van der Waals surface area (Å²) in [5, 5.41) is 0.477. The van der Waals surface area contributed by atoms with Gasteiger partial charge in [0.05, 0.1) is 4.90 Å². The smallest absolute Gasteiger partial charge is 0.243 e. The second-order valence-corrected chi connectivity index (χ2v) is 8.49. The molecule has 0 spiro atoms. The fourth-order valence-corrected chi connectivity index (χ4v) is 4.30. The third-order valence-corrected chi connectivity index (χ3v) is 6.10. The van der Waals surface area contributed by atoms with E-state index < -0.39 is 15.8 Å². The summed E-state index contributed by atoms with van der Waals surface area (Å²) in [5.74, 6) is -0.416. The summed E-state index contributed by atoms with van der Waals surface area (Å²) >= 11 is 5.94. The zero-order valence-corrected chi connectivity index (χ0v) is 16.1. The Bertz CT molecular complexity index is 841. The molecule has 0 radical (unpaired) electrons. The van der Waals surface area contributed by atoms with Crippen LogP contribution in [0.25, 0.3) is 0 Å². The van der Waals surface area contributed by atoms with Crippen molar-refractivity contribution >= 4 is 21.6 Å². The molecule has 0 aliphatic rings. The summed E-state index contributed by atoms with van der Waals surface area (Å²) in [6.07, 6.45) is 0. The summed E-state index contributed by atoms with van der Waals surface area (Å²) < 4.78 is 41.6. The molecule has 0 heterocycles. The van der Waals surface area contributed by atoms with Crippen molar-refractivity contribution < 1.29 is 12.8 Å². The van der Waals surface area contributed by atoms with Crippen molar-refractivity contribution in [2.75, 3.05) is 27.2 Å². The van der Waals surface area contributed by atoms with Crippen LogP contribution in [-0.4, -0.2) is 44.8 Å². The molecule has 0 atom stereocenters. The van der Waals surface area contributed by atoms with E-state index in [4.69, 9.17) is 11.6 Å². The van der Waals surface area contributed by atoms with Crippen LogP contribution in [0.15, 0.2) is 47.4 Å². The number of halogens is 2. The molecule has 2 aromatic carbocycles. The molecule has 0 bridgehead atoms. The lowest BCUT2D eigenvalue weighted by Gasteiger charge is -2.25. The number of rotatable bonds is 7. The number of sulfonamides is 1. The fourth-order valence-electron chi connectivity index (χ4n) is 2.45. The maximum Gasteiger partial charge on any atom is 0.243 e. The summed E-state index contributed by atoms with van der Waals surface area (Å²) in [5.41, 5.74) is 0.910. The van der Waals surface area contributed by atoms with Crippen molar-refractivity contribution in [2.24, 2.45) is 0 Å². The van der Waals surface area contributed by atoms with Crippen LogP contribution < -0.4 is 0 Å². The van der Waals surface area contributed by atoms with E-state index in [1.165, 1.54) is 16.4 Å². The Morgan fingerprint density at radius 3 is 2.36 bits per heavy atom. The van der Waals surface area contributed by atoms with Crippen LogP contribution in [0.5, 0.6) is 0 Å². The number of nitrogens with zero attached hydrogens (tertiary/aromatic N) is 2. The van der Waals surface area contributed by atoms with Gasteiger partial charge in [-0.15, -0.1) is 0 Å². The van der Waals surface area contributed by atoms with Crippen molar-refractivity contribution in [1.82, 2.24) is 9.21 Å².